The molecule has 0 aliphatic rings. The third-order valence-corrected chi connectivity index (χ3v) is 1.89. The Hall–Kier alpha value is -1.31. The van der Waals surface area contributed by atoms with Gasteiger partial charge in [-0.1, -0.05) is 36.8 Å². The molecular formula is C11H15NO. The van der Waals surface area contributed by atoms with Crippen molar-refractivity contribution in [3.63, 3.8) is 0 Å². The summed E-state index contributed by atoms with van der Waals surface area (Å²) in [6, 6.07) is 8.15. The van der Waals surface area contributed by atoms with E-state index in [0.29, 0.717) is 13.0 Å². The van der Waals surface area contributed by atoms with Crippen molar-refractivity contribution in [3.05, 3.63) is 35.4 Å². The molecule has 1 amide bonds. The lowest BCUT2D eigenvalue weighted by Crippen LogP contribution is -2.21. The van der Waals surface area contributed by atoms with Crippen LogP contribution in [0.3, 0.4) is 0 Å². The molecular weight excluding hydrogens is 162 g/mol. The Balaban J connectivity index is 2.50. The van der Waals surface area contributed by atoms with Crippen LogP contribution < -0.4 is 5.32 Å². The van der Waals surface area contributed by atoms with Crippen LogP contribution in [0.25, 0.3) is 0 Å². The van der Waals surface area contributed by atoms with Gasteiger partial charge in [-0.25, -0.2) is 0 Å². The summed E-state index contributed by atoms with van der Waals surface area (Å²) in [5, 5.41) is 2.84. The van der Waals surface area contributed by atoms with Gasteiger partial charge in [-0.05, 0) is 12.5 Å². The summed E-state index contributed by atoms with van der Waals surface area (Å²) in [6.07, 6.45) is 0.547. The Kier molecular flexibility index (Phi) is 3.50. The van der Waals surface area contributed by atoms with E-state index in [1.54, 1.807) is 0 Å². The first kappa shape index (κ1) is 9.78. The lowest BCUT2D eigenvalue weighted by Gasteiger charge is -2.03. The van der Waals surface area contributed by atoms with Crippen molar-refractivity contribution in [1.29, 1.82) is 0 Å². The van der Waals surface area contributed by atoms with Crippen LogP contribution in [-0.4, -0.2) is 5.91 Å². The Morgan fingerprint density at radius 3 is 2.85 bits per heavy atom. The van der Waals surface area contributed by atoms with Crippen molar-refractivity contribution in [3.8, 4) is 0 Å². The van der Waals surface area contributed by atoms with Gasteiger partial charge in [0.2, 0.25) is 5.91 Å². The Morgan fingerprint density at radius 1 is 1.46 bits per heavy atom. The molecule has 0 saturated carbocycles. The lowest BCUT2D eigenvalue weighted by atomic mass is 10.1. The summed E-state index contributed by atoms with van der Waals surface area (Å²) in [4.78, 5) is 11.0. The predicted molar refractivity (Wildman–Crippen MR) is 53.3 cm³/mol. The number of nitrogens with one attached hydrogen (secondary N) is 1. The fourth-order valence-electron chi connectivity index (χ4n) is 1.15. The van der Waals surface area contributed by atoms with Gasteiger partial charge in [-0.15, -0.1) is 0 Å². The van der Waals surface area contributed by atoms with Crippen LogP contribution in [0.1, 0.15) is 24.5 Å². The monoisotopic (exact) mass is 177 g/mol. The Bertz CT molecular complexity index is 294. The molecule has 0 fully saturated rings. The molecule has 0 atom stereocenters. The van der Waals surface area contributed by atoms with Crippen LogP contribution in [0.5, 0.6) is 0 Å². The average molecular weight is 177 g/mol. The summed E-state index contributed by atoms with van der Waals surface area (Å²) in [7, 11) is 0. The number of aryl methyl sites for hydroxylation is 1. The number of carbonyl (C=O) groups is 1. The maximum Gasteiger partial charge on any atom is 0.219 e. The lowest BCUT2D eigenvalue weighted by molar-refractivity contribution is -0.120. The number of rotatable bonds is 3. The van der Waals surface area contributed by atoms with Gasteiger partial charge in [0.05, 0.1) is 0 Å². The minimum Gasteiger partial charge on any atom is -0.352 e. The van der Waals surface area contributed by atoms with Gasteiger partial charge in [0.1, 0.15) is 0 Å². The predicted octanol–water partition coefficient (Wildman–Crippen LogP) is 2.02. The summed E-state index contributed by atoms with van der Waals surface area (Å²) in [5.74, 6) is 0.0986. The van der Waals surface area contributed by atoms with Crippen LogP contribution in [0.15, 0.2) is 24.3 Å². The van der Waals surface area contributed by atoms with Gasteiger partial charge < -0.3 is 5.32 Å². The molecule has 0 bridgehead atoms. The molecule has 1 aromatic rings. The molecule has 0 radical (unpaired) electrons. The Morgan fingerprint density at radius 2 is 2.23 bits per heavy atom. The van der Waals surface area contributed by atoms with Crippen molar-refractivity contribution in [2.24, 2.45) is 0 Å². The molecule has 2 heteroatoms. The average Bonchev–Trinajstić information content (AvgIpc) is 2.14. The van der Waals surface area contributed by atoms with Crippen molar-refractivity contribution in [1.82, 2.24) is 5.32 Å². The van der Waals surface area contributed by atoms with Crippen LogP contribution in [0, 0.1) is 6.92 Å². The number of hydrogen-bond acceptors (Lipinski definition) is 1. The second-order valence-electron chi connectivity index (χ2n) is 3.12. The van der Waals surface area contributed by atoms with E-state index in [1.807, 2.05) is 32.0 Å². The van der Waals surface area contributed by atoms with Crippen molar-refractivity contribution >= 4 is 5.91 Å². The second-order valence-corrected chi connectivity index (χ2v) is 3.12. The fourth-order valence-corrected chi connectivity index (χ4v) is 1.15. The zero-order chi connectivity index (χ0) is 9.68. The molecule has 0 aliphatic heterocycles. The van der Waals surface area contributed by atoms with Gasteiger partial charge >= 0.3 is 0 Å². The minimum atomic E-state index is 0.0986. The second kappa shape index (κ2) is 4.65. The molecule has 0 heterocycles. The number of amides is 1. The molecule has 70 valence electrons. The third kappa shape index (κ3) is 3.28. The highest BCUT2D eigenvalue weighted by molar-refractivity contribution is 5.75. The topological polar surface area (TPSA) is 29.1 Å². The fraction of sp³-hybridized carbons (Fsp3) is 0.364. The van der Waals surface area contributed by atoms with Crippen LogP contribution in [-0.2, 0) is 11.3 Å². The van der Waals surface area contributed by atoms with E-state index in [4.69, 9.17) is 0 Å². The van der Waals surface area contributed by atoms with Gasteiger partial charge in [0.25, 0.3) is 0 Å². The minimum absolute atomic E-state index is 0.0986. The van der Waals surface area contributed by atoms with Gasteiger partial charge in [-0.3, -0.25) is 4.79 Å². The van der Waals surface area contributed by atoms with Gasteiger partial charge in [0.15, 0.2) is 0 Å². The molecule has 0 saturated heterocycles. The van der Waals surface area contributed by atoms with E-state index in [-0.39, 0.29) is 5.91 Å². The van der Waals surface area contributed by atoms with Crippen molar-refractivity contribution in [2.45, 2.75) is 26.8 Å². The van der Waals surface area contributed by atoms with E-state index in [9.17, 15) is 4.79 Å². The standard InChI is InChI=1S/C11H15NO/c1-3-11(13)12-8-10-6-4-5-9(2)7-10/h4-7H,3,8H2,1-2H3,(H,12,13). The summed E-state index contributed by atoms with van der Waals surface area (Å²) >= 11 is 0. The molecule has 0 spiro atoms. The largest absolute Gasteiger partial charge is 0.352 e. The first-order valence-corrected chi connectivity index (χ1v) is 4.54. The molecule has 2 nitrogen and oxygen atoms in total. The van der Waals surface area contributed by atoms with E-state index >= 15 is 0 Å². The SMILES string of the molecule is CCC(=O)NCc1cccc(C)c1. The van der Waals surface area contributed by atoms with Gasteiger partial charge in [0, 0.05) is 13.0 Å². The molecule has 1 N–H and O–H groups in total. The molecule has 0 unspecified atom stereocenters. The van der Waals surface area contributed by atoms with Crippen LogP contribution in [0.2, 0.25) is 0 Å². The molecule has 0 aromatic heterocycles. The Labute approximate surface area is 79.0 Å². The highest BCUT2D eigenvalue weighted by atomic mass is 16.1. The molecule has 1 aromatic carbocycles. The summed E-state index contributed by atoms with van der Waals surface area (Å²) < 4.78 is 0. The highest BCUT2D eigenvalue weighted by Gasteiger charge is 1.96. The highest BCUT2D eigenvalue weighted by Crippen LogP contribution is 2.02. The smallest absolute Gasteiger partial charge is 0.219 e. The van der Waals surface area contributed by atoms with E-state index in [1.165, 1.54) is 5.56 Å². The van der Waals surface area contributed by atoms with E-state index < -0.39 is 0 Å². The first-order valence-electron chi connectivity index (χ1n) is 4.54. The summed E-state index contributed by atoms with van der Waals surface area (Å²) in [6.45, 7) is 4.53. The third-order valence-electron chi connectivity index (χ3n) is 1.89. The van der Waals surface area contributed by atoms with Crippen LogP contribution in [0.4, 0.5) is 0 Å². The van der Waals surface area contributed by atoms with Gasteiger partial charge in [-0.2, -0.15) is 0 Å². The molecule has 1 rings (SSSR count). The normalized spacial score (nSPS) is 9.69. The maximum absolute atomic E-state index is 11.0. The van der Waals surface area contributed by atoms with E-state index in [0.717, 1.165) is 5.56 Å². The molecule has 0 aliphatic carbocycles. The van der Waals surface area contributed by atoms with Crippen molar-refractivity contribution < 1.29 is 4.79 Å². The van der Waals surface area contributed by atoms with Crippen LogP contribution >= 0.6 is 0 Å². The number of hydrogen-bond donors (Lipinski definition) is 1. The maximum atomic E-state index is 11.0. The quantitative estimate of drug-likeness (QED) is 0.752. The first-order chi connectivity index (χ1) is 6.22. The summed E-state index contributed by atoms with van der Waals surface area (Å²) in [5.41, 5.74) is 2.38. The zero-order valence-corrected chi connectivity index (χ0v) is 8.13. The zero-order valence-electron chi connectivity index (χ0n) is 8.13. The number of benzene rings is 1. The number of carbonyl (C=O) groups excluding carboxylic acids is 1. The van der Waals surface area contributed by atoms with E-state index in [2.05, 4.69) is 11.4 Å². The van der Waals surface area contributed by atoms with Crippen molar-refractivity contribution in [2.75, 3.05) is 0 Å². The molecule has 13 heavy (non-hydrogen) atoms.